The SMILES string of the molecule is Fc1ccc(Nc2cc(Nc3ccc4c(c3)OCCO4)ncn2)cc1F. The minimum atomic E-state index is -0.932. The van der Waals surface area contributed by atoms with Crippen LogP contribution in [0.5, 0.6) is 11.5 Å². The topological polar surface area (TPSA) is 68.3 Å². The normalized spacial score (nSPS) is 12.5. The molecular formula is C18H14F2N4O2. The first-order valence-electron chi connectivity index (χ1n) is 7.88. The van der Waals surface area contributed by atoms with E-state index in [1.165, 1.54) is 12.4 Å². The Morgan fingerprint density at radius 3 is 2.12 bits per heavy atom. The third-order valence-corrected chi connectivity index (χ3v) is 3.67. The molecule has 2 aromatic carbocycles. The molecule has 0 saturated carbocycles. The Bertz CT molecular complexity index is 952. The summed E-state index contributed by atoms with van der Waals surface area (Å²) in [5, 5.41) is 6.05. The zero-order chi connectivity index (χ0) is 17.9. The van der Waals surface area contributed by atoms with Crippen LogP contribution in [0.3, 0.4) is 0 Å². The van der Waals surface area contributed by atoms with Gasteiger partial charge in [-0.2, -0.15) is 0 Å². The number of aromatic nitrogens is 2. The molecule has 8 heteroatoms. The molecular weight excluding hydrogens is 342 g/mol. The molecule has 0 atom stereocenters. The number of benzene rings is 2. The van der Waals surface area contributed by atoms with Gasteiger partial charge in [0.05, 0.1) is 0 Å². The van der Waals surface area contributed by atoms with E-state index in [0.717, 1.165) is 17.8 Å². The summed E-state index contributed by atoms with van der Waals surface area (Å²) in [5.74, 6) is 0.492. The Morgan fingerprint density at radius 1 is 0.731 bits per heavy atom. The smallest absolute Gasteiger partial charge is 0.163 e. The number of anilines is 4. The van der Waals surface area contributed by atoms with Gasteiger partial charge in [0.15, 0.2) is 23.1 Å². The summed E-state index contributed by atoms with van der Waals surface area (Å²) in [5.41, 5.74) is 1.15. The van der Waals surface area contributed by atoms with Crippen LogP contribution in [0.25, 0.3) is 0 Å². The van der Waals surface area contributed by atoms with Crippen molar-refractivity contribution < 1.29 is 18.3 Å². The molecule has 0 amide bonds. The molecule has 3 aromatic rings. The number of nitrogens with one attached hydrogen (secondary N) is 2. The maximum atomic E-state index is 13.3. The van der Waals surface area contributed by atoms with E-state index in [0.29, 0.717) is 42.0 Å². The van der Waals surface area contributed by atoms with Crippen molar-refractivity contribution in [1.82, 2.24) is 9.97 Å². The molecule has 0 saturated heterocycles. The molecule has 132 valence electrons. The van der Waals surface area contributed by atoms with E-state index in [-0.39, 0.29) is 0 Å². The largest absolute Gasteiger partial charge is 0.486 e. The van der Waals surface area contributed by atoms with Crippen molar-refractivity contribution in [3.63, 3.8) is 0 Å². The molecule has 0 radical (unpaired) electrons. The Kier molecular flexibility index (Phi) is 4.22. The lowest BCUT2D eigenvalue weighted by Crippen LogP contribution is -2.15. The molecule has 6 nitrogen and oxygen atoms in total. The fourth-order valence-electron chi connectivity index (χ4n) is 2.48. The minimum Gasteiger partial charge on any atom is -0.486 e. The average Bonchev–Trinajstić information content (AvgIpc) is 2.65. The fraction of sp³-hybridized carbons (Fsp3) is 0.111. The summed E-state index contributed by atoms with van der Waals surface area (Å²) in [6.45, 7) is 1.04. The number of fused-ring (bicyclic) bond motifs is 1. The van der Waals surface area contributed by atoms with Crippen LogP contribution in [0.1, 0.15) is 0 Å². The van der Waals surface area contributed by atoms with Gasteiger partial charge in [-0.05, 0) is 24.3 Å². The summed E-state index contributed by atoms with van der Waals surface area (Å²) in [4.78, 5) is 8.23. The van der Waals surface area contributed by atoms with Gasteiger partial charge in [-0.3, -0.25) is 0 Å². The van der Waals surface area contributed by atoms with Gasteiger partial charge in [0.2, 0.25) is 0 Å². The van der Waals surface area contributed by atoms with Crippen LogP contribution in [-0.2, 0) is 0 Å². The highest BCUT2D eigenvalue weighted by Gasteiger charge is 2.12. The number of hydrogen-bond acceptors (Lipinski definition) is 6. The second kappa shape index (κ2) is 6.83. The van der Waals surface area contributed by atoms with Gasteiger partial charge in [0.1, 0.15) is 31.2 Å². The van der Waals surface area contributed by atoms with Crippen LogP contribution in [0.4, 0.5) is 31.8 Å². The third-order valence-electron chi connectivity index (χ3n) is 3.67. The van der Waals surface area contributed by atoms with Crippen molar-refractivity contribution in [1.29, 1.82) is 0 Å². The minimum absolute atomic E-state index is 0.382. The molecule has 4 rings (SSSR count). The van der Waals surface area contributed by atoms with E-state index in [9.17, 15) is 8.78 Å². The number of rotatable bonds is 4. The first kappa shape index (κ1) is 16.1. The summed E-state index contributed by atoms with van der Waals surface area (Å²) in [7, 11) is 0. The van der Waals surface area contributed by atoms with Crippen molar-refractivity contribution >= 4 is 23.0 Å². The molecule has 1 aliphatic heterocycles. The standard InChI is InChI=1S/C18H14F2N4O2/c19-13-3-1-11(7-14(13)20)23-17-9-18(22-10-21-17)24-12-2-4-15-16(8-12)26-6-5-25-15/h1-4,7-10H,5-6H2,(H2,21,22,23,24). The quantitative estimate of drug-likeness (QED) is 0.736. The second-order valence-electron chi connectivity index (χ2n) is 5.53. The third kappa shape index (κ3) is 3.49. The van der Waals surface area contributed by atoms with Gasteiger partial charge in [0.25, 0.3) is 0 Å². The van der Waals surface area contributed by atoms with Crippen LogP contribution in [0.15, 0.2) is 48.8 Å². The molecule has 1 aliphatic rings. The van der Waals surface area contributed by atoms with Crippen molar-refractivity contribution in [3.8, 4) is 11.5 Å². The Balaban J connectivity index is 1.51. The van der Waals surface area contributed by atoms with Crippen LogP contribution in [0, 0.1) is 11.6 Å². The van der Waals surface area contributed by atoms with Crippen LogP contribution < -0.4 is 20.1 Å². The monoisotopic (exact) mass is 356 g/mol. The zero-order valence-corrected chi connectivity index (χ0v) is 13.5. The van der Waals surface area contributed by atoms with Gasteiger partial charge >= 0.3 is 0 Å². The molecule has 2 N–H and O–H groups in total. The van der Waals surface area contributed by atoms with E-state index in [2.05, 4.69) is 20.6 Å². The highest BCUT2D eigenvalue weighted by molar-refractivity contribution is 5.65. The Hall–Kier alpha value is -3.42. The summed E-state index contributed by atoms with van der Waals surface area (Å²) in [6.07, 6.45) is 1.36. The van der Waals surface area contributed by atoms with Gasteiger partial charge in [-0.15, -0.1) is 0 Å². The first-order chi connectivity index (χ1) is 12.7. The van der Waals surface area contributed by atoms with E-state index in [1.807, 2.05) is 18.2 Å². The van der Waals surface area contributed by atoms with Gasteiger partial charge < -0.3 is 20.1 Å². The summed E-state index contributed by atoms with van der Waals surface area (Å²) in [6, 6.07) is 10.7. The molecule has 1 aromatic heterocycles. The Morgan fingerprint density at radius 2 is 1.38 bits per heavy atom. The molecule has 0 bridgehead atoms. The Labute approximate surface area is 147 Å². The van der Waals surface area contributed by atoms with Gasteiger partial charge in [0, 0.05) is 29.6 Å². The van der Waals surface area contributed by atoms with E-state index in [1.54, 1.807) is 6.07 Å². The zero-order valence-electron chi connectivity index (χ0n) is 13.5. The predicted molar refractivity (Wildman–Crippen MR) is 92.4 cm³/mol. The molecule has 0 fully saturated rings. The highest BCUT2D eigenvalue weighted by Crippen LogP contribution is 2.33. The van der Waals surface area contributed by atoms with Gasteiger partial charge in [-0.1, -0.05) is 0 Å². The van der Waals surface area contributed by atoms with Crippen LogP contribution >= 0.6 is 0 Å². The highest BCUT2D eigenvalue weighted by atomic mass is 19.2. The maximum absolute atomic E-state index is 13.3. The maximum Gasteiger partial charge on any atom is 0.163 e. The summed E-state index contributed by atoms with van der Waals surface area (Å²) < 4.78 is 37.3. The lowest BCUT2D eigenvalue weighted by molar-refractivity contribution is 0.171. The van der Waals surface area contributed by atoms with E-state index >= 15 is 0 Å². The lowest BCUT2D eigenvalue weighted by Gasteiger charge is -2.19. The molecule has 0 aliphatic carbocycles. The average molecular weight is 356 g/mol. The van der Waals surface area contributed by atoms with Crippen molar-refractivity contribution in [2.75, 3.05) is 23.8 Å². The van der Waals surface area contributed by atoms with E-state index < -0.39 is 11.6 Å². The number of ether oxygens (including phenoxy) is 2. The van der Waals surface area contributed by atoms with Crippen molar-refractivity contribution in [2.45, 2.75) is 0 Å². The molecule has 2 heterocycles. The fourth-order valence-corrected chi connectivity index (χ4v) is 2.48. The predicted octanol–water partition coefficient (Wildman–Crippen LogP) is 4.01. The number of nitrogens with zero attached hydrogens (tertiary/aromatic N) is 2. The van der Waals surface area contributed by atoms with Crippen LogP contribution in [-0.4, -0.2) is 23.2 Å². The van der Waals surface area contributed by atoms with Crippen molar-refractivity contribution in [3.05, 3.63) is 60.4 Å². The molecule has 0 unspecified atom stereocenters. The van der Waals surface area contributed by atoms with E-state index in [4.69, 9.17) is 9.47 Å². The molecule has 26 heavy (non-hydrogen) atoms. The van der Waals surface area contributed by atoms with Crippen molar-refractivity contribution in [2.24, 2.45) is 0 Å². The second-order valence-corrected chi connectivity index (χ2v) is 5.53. The summed E-state index contributed by atoms with van der Waals surface area (Å²) >= 11 is 0. The molecule has 0 spiro atoms. The van der Waals surface area contributed by atoms with Gasteiger partial charge in [-0.25, -0.2) is 18.7 Å². The van der Waals surface area contributed by atoms with Crippen LogP contribution in [0.2, 0.25) is 0 Å². The lowest BCUT2D eigenvalue weighted by atomic mass is 10.2. The number of hydrogen-bond donors (Lipinski definition) is 2. The number of halogens is 2. The first-order valence-corrected chi connectivity index (χ1v) is 7.88.